The number of carboxylic acid groups (broad SMARTS) is 1. The highest BCUT2D eigenvalue weighted by atomic mass is 35.5. The summed E-state index contributed by atoms with van der Waals surface area (Å²) in [6.45, 7) is 3.15. The minimum absolute atomic E-state index is 0.0425. The van der Waals surface area contributed by atoms with Gasteiger partial charge < -0.3 is 10.2 Å². The van der Waals surface area contributed by atoms with E-state index in [1.165, 1.54) is 25.1 Å². The monoisotopic (exact) mass is 294 g/mol. The lowest BCUT2D eigenvalue weighted by Crippen LogP contribution is -2.20. The first-order valence-corrected chi connectivity index (χ1v) is 6.62. The molecule has 2 rings (SSSR count). The molecule has 2 atom stereocenters. The number of Topliss-reactive ketones (excluding diaryl/α,β-unsaturated/α-hetero) is 1. The molecule has 0 bridgehead atoms. The van der Waals surface area contributed by atoms with Crippen LogP contribution in [0.4, 0.5) is 0 Å². The summed E-state index contributed by atoms with van der Waals surface area (Å²) in [5.41, 5.74) is 1.25. The molecule has 5 heteroatoms. The number of aromatic hydroxyl groups is 1. The largest absolute Gasteiger partial charge is 0.508 e. The lowest BCUT2D eigenvalue weighted by atomic mass is 9.82. The van der Waals surface area contributed by atoms with Gasteiger partial charge in [-0.2, -0.15) is 0 Å². The molecule has 1 aliphatic carbocycles. The fraction of sp³-hybridized carbons (Fsp3) is 0.333. The highest BCUT2D eigenvalue weighted by molar-refractivity contribution is 6.30. The van der Waals surface area contributed by atoms with E-state index in [1.807, 2.05) is 0 Å². The minimum Gasteiger partial charge on any atom is -0.508 e. The van der Waals surface area contributed by atoms with Gasteiger partial charge in [-0.3, -0.25) is 4.79 Å². The first kappa shape index (κ1) is 14.6. The molecular weight excluding hydrogens is 280 g/mol. The topological polar surface area (TPSA) is 74.6 Å². The SMILES string of the molecule is CC(=O)[C@H]1CC(C)=C(C(=O)O)[C@@H]1c1cc(Cl)ccc1O. The Hall–Kier alpha value is -1.81. The number of carbonyl (C=O) groups is 2. The van der Waals surface area contributed by atoms with Crippen molar-refractivity contribution in [3.63, 3.8) is 0 Å². The number of aliphatic carboxylic acids is 1. The van der Waals surface area contributed by atoms with Gasteiger partial charge in [0.05, 0.1) is 0 Å². The van der Waals surface area contributed by atoms with Crippen molar-refractivity contribution in [1.29, 1.82) is 0 Å². The molecule has 0 amide bonds. The maximum absolute atomic E-state index is 11.8. The Morgan fingerprint density at radius 3 is 2.55 bits per heavy atom. The Bertz CT molecular complexity index is 618. The van der Waals surface area contributed by atoms with Crippen LogP contribution in [-0.4, -0.2) is 22.0 Å². The summed E-state index contributed by atoms with van der Waals surface area (Å²) >= 11 is 5.93. The second-order valence-corrected chi connectivity index (χ2v) is 5.54. The molecule has 4 nitrogen and oxygen atoms in total. The van der Waals surface area contributed by atoms with E-state index in [-0.39, 0.29) is 17.1 Å². The van der Waals surface area contributed by atoms with Crippen LogP contribution in [0, 0.1) is 5.92 Å². The summed E-state index contributed by atoms with van der Waals surface area (Å²) in [6, 6.07) is 4.47. The van der Waals surface area contributed by atoms with Gasteiger partial charge in [0, 0.05) is 28.0 Å². The van der Waals surface area contributed by atoms with Gasteiger partial charge in [0.1, 0.15) is 11.5 Å². The standard InChI is InChI=1S/C15H15ClO4/c1-7-5-10(8(2)17)14(13(7)15(19)20)11-6-9(16)3-4-12(11)18/h3-4,6,10,14,18H,5H2,1-2H3,(H,19,20)/t10-,14+/m1/s1. The van der Waals surface area contributed by atoms with Crippen molar-refractivity contribution in [2.75, 3.05) is 0 Å². The van der Waals surface area contributed by atoms with Crippen LogP contribution in [0.15, 0.2) is 29.3 Å². The summed E-state index contributed by atoms with van der Waals surface area (Å²) in [6.07, 6.45) is 0.396. The number of hydrogen-bond donors (Lipinski definition) is 2. The molecule has 0 aliphatic heterocycles. The zero-order valence-electron chi connectivity index (χ0n) is 11.2. The second-order valence-electron chi connectivity index (χ2n) is 5.10. The molecule has 0 unspecified atom stereocenters. The highest BCUT2D eigenvalue weighted by Crippen LogP contribution is 2.47. The third kappa shape index (κ3) is 2.43. The Morgan fingerprint density at radius 1 is 1.35 bits per heavy atom. The quantitative estimate of drug-likeness (QED) is 0.898. The normalized spacial score (nSPS) is 22.1. The molecule has 0 saturated heterocycles. The van der Waals surface area contributed by atoms with E-state index in [0.717, 1.165) is 0 Å². The van der Waals surface area contributed by atoms with Crippen molar-refractivity contribution in [3.05, 3.63) is 39.9 Å². The molecule has 106 valence electrons. The molecule has 0 fully saturated rings. The fourth-order valence-corrected chi connectivity index (χ4v) is 3.05. The summed E-state index contributed by atoms with van der Waals surface area (Å²) in [4.78, 5) is 23.3. The van der Waals surface area contributed by atoms with E-state index in [1.54, 1.807) is 6.92 Å². The molecule has 0 saturated carbocycles. The molecule has 2 N–H and O–H groups in total. The van der Waals surface area contributed by atoms with Gasteiger partial charge >= 0.3 is 5.97 Å². The van der Waals surface area contributed by atoms with Crippen LogP contribution >= 0.6 is 11.6 Å². The molecule has 0 heterocycles. The Kier molecular flexibility index (Phi) is 3.86. The van der Waals surface area contributed by atoms with Gasteiger partial charge in [0.15, 0.2) is 0 Å². The molecule has 1 aliphatic rings. The van der Waals surface area contributed by atoms with Gasteiger partial charge in [-0.05, 0) is 38.5 Å². The number of ketones is 1. The minimum atomic E-state index is -1.06. The number of phenols is 1. The maximum Gasteiger partial charge on any atom is 0.332 e. The lowest BCUT2D eigenvalue weighted by molar-refractivity contribution is -0.133. The van der Waals surface area contributed by atoms with Crippen molar-refractivity contribution in [3.8, 4) is 5.75 Å². The average Bonchev–Trinajstić information content (AvgIpc) is 2.70. The summed E-state index contributed by atoms with van der Waals surface area (Å²) < 4.78 is 0. The maximum atomic E-state index is 11.8. The zero-order valence-corrected chi connectivity index (χ0v) is 11.9. The fourth-order valence-electron chi connectivity index (χ4n) is 2.87. The van der Waals surface area contributed by atoms with Gasteiger partial charge in [-0.1, -0.05) is 17.2 Å². The molecule has 1 aromatic carbocycles. The van der Waals surface area contributed by atoms with E-state index in [2.05, 4.69) is 0 Å². The molecule has 1 aromatic rings. The van der Waals surface area contributed by atoms with Crippen molar-refractivity contribution in [2.45, 2.75) is 26.2 Å². The predicted octanol–water partition coefficient (Wildman–Crippen LogP) is 3.14. The van der Waals surface area contributed by atoms with Gasteiger partial charge in [-0.25, -0.2) is 4.79 Å². The van der Waals surface area contributed by atoms with Gasteiger partial charge in [0.25, 0.3) is 0 Å². The Balaban J connectivity index is 2.61. The van der Waals surface area contributed by atoms with E-state index in [9.17, 15) is 19.8 Å². The molecular formula is C15H15ClO4. The zero-order chi connectivity index (χ0) is 15.0. The van der Waals surface area contributed by atoms with E-state index < -0.39 is 17.8 Å². The van der Waals surface area contributed by atoms with Crippen LogP contribution in [0.1, 0.15) is 31.7 Å². The smallest absolute Gasteiger partial charge is 0.332 e. The summed E-state index contributed by atoms with van der Waals surface area (Å²) in [5.74, 6) is -2.31. The van der Waals surface area contributed by atoms with Gasteiger partial charge in [-0.15, -0.1) is 0 Å². The van der Waals surface area contributed by atoms with Gasteiger partial charge in [0.2, 0.25) is 0 Å². The third-order valence-electron chi connectivity index (χ3n) is 3.78. The number of halogens is 1. The van der Waals surface area contributed by atoms with Crippen LogP contribution in [-0.2, 0) is 9.59 Å². The predicted molar refractivity (Wildman–Crippen MR) is 75.0 cm³/mol. The summed E-state index contributed by atoms with van der Waals surface area (Å²) in [5, 5.41) is 19.8. The number of benzene rings is 1. The first-order valence-electron chi connectivity index (χ1n) is 6.24. The molecule has 20 heavy (non-hydrogen) atoms. The molecule has 0 aromatic heterocycles. The van der Waals surface area contributed by atoms with Crippen LogP contribution in [0.5, 0.6) is 5.75 Å². The van der Waals surface area contributed by atoms with Crippen molar-refractivity contribution >= 4 is 23.4 Å². The number of carboxylic acids is 1. The Morgan fingerprint density at radius 2 is 2.00 bits per heavy atom. The van der Waals surface area contributed by atoms with Crippen molar-refractivity contribution < 1.29 is 19.8 Å². The molecule has 0 spiro atoms. The van der Waals surface area contributed by atoms with Crippen LogP contribution in [0.25, 0.3) is 0 Å². The van der Waals surface area contributed by atoms with E-state index >= 15 is 0 Å². The highest BCUT2D eigenvalue weighted by Gasteiger charge is 2.41. The number of rotatable bonds is 3. The number of phenolic OH excluding ortho intramolecular Hbond substituents is 1. The second kappa shape index (κ2) is 5.29. The number of carbonyl (C=O) groups excluding carboxylic acids is 1. The molecule has 0 radical (unpaired) electrons. The van der Waals surface area contributed by atoms with Crippen LogP contribution in [0.3, 0.4) is 0 Å². The van der Waals surface area contributed by atoms with Crippen molar-refractivity contribution in [1.82, 2.24) is 0 Å². The third-order valence-corrected chi connectivity index (χ3v) is 4.01. The number of allylic oxidation sites excluding steroid dienone is 1. The number of hydrogen-bond acceptors (Lipinski definition) is 3. The Labute approximate surface area is 121 Å². The van der Waals surface area contributed by atoms with E-state index in [0.29, 0.717) is 22.6 Å². The van der Waals surface area contributed by atoms with Crippen molar-refractivity contribution in [2.24, 2.45) is 5.92 Å². The van der Waals surface area contributed by atoms with Crippen LogP contribution in [0.2, 0.25) is 5.02 Å². The van der Waals surface area contributed by atoms with Crippen LogP contribution < -0.4 is 0 Å². The average molecular weight is 295 g/mol. The first-order chi connectivity index (χ1) is 9.32. The lowest BCUT2D eigenvalue weighted by Gasteiger charge is -2.21. The van der Waals surface area contributed by atoms with E-state index in [4.69, 9.17) is 11.6 Å². The summed E-state index contributed by atoms with van der Waals surface area (Å²) in [7, 11) is 0.